The molecule has 5 nitrogen and oxygen atoms in total. The fourth-order valence-corrected chi connectivity index (χ4v) is 3.59. The van der Waals surface area contributed by atoms with Gasteiger partial charge in [-0.2, -0.15) is 0 Å². The molecule has 1 fully saturated rings. The summed E-state index contributed by atoms with van der Waals surface area (Å²) >= 11 is 6.03. The average Bonchev–Trinajstić information content (AvgIpc) is 2.54. The second-order valence-corrected chi connectivity index (χ2v) is 9.61. The fraction of sp³-hybridized carbons (Fsp3) is 0.588. The maximum Gasteiger partial charge on any atom is 0.317 e. The van der Waals surface area contributed by atoms with Gasteiger partial charge in [-0.25, -0.2) is 4.79 Å². The van der Waals surface area contributed by atoms with Gasteiger partial charge in [0.15, 0.2) is 0 Å². The Morgan fingerprint density at radius 3 is 2.50 bits per heavy atom. The monoisotopic (exact) mass is 371 g/mol. The Morgan fingerprint density at radius 1 is 1.25 bits per heavy atom. The van der Waals surface area contributed by atoms with Gasteiger partial charge in [0.2, 0.25) is 0 Å². The lowest BCUT2D eigenvalue weighted by Gasteiger charge is -2.36. The zero-order valence-electron chi connectivity index (χ0n) is 14.5. The van der Waals surface area contributed by atoms with E-state index in [0.717, 1.165) is 23.8 Å². The lowest BCUT2D eigenvalue weighted by Crippen LogP contribution is -2.52. The summed E-state index contributed by atoms with van der Waals surface area (Å²) in [5.41, 5.74) is 1.09. The first-order valence-corrected chi connectivity index (χ1v) is 9.89. The van der Waals surface area contributed by atoms with Gasteiger partial charge in [0, 0.05) is 64.7 Å². The third-order valence-corrected chi connectivity index (χ3v) is 6.16. The molecule has 24 heavy (non-hydrogen) atoms. The van der Waals surface area contributed by atoms with Crippen molar-refractivity contribution < 1.29 is 9.00 Å². The molecule has 0 aliphatic carbocycles. The number of amides is 2. The van der Waals surface area contributed by atoms with E-state index in [2.05, 4.69) is 10.2 Å². The predicted molar refractivity (Wildman–Crippen MR) is 101 cm³/mol. The van der Waals surface area contributed by atoms with Gasteiger partial charge in [-0.3, -0.25) is 4.21 Å². The summed E-state index contributed by atoms with van der Waals surface area (Å²) in [6, 6.07) is 7.69. The number of halogens is 1. The summed E-state index contributed by atoms with van der Waals surface area (Å²) in [7, 11) is -0.946. The maximum absolute atomic E-state index is 12.2. The second-order valence-electron chi connectivity index (χ2n) is 6.85. The highest BCUT2D eigenvalue weighted by Crippen LogP contribution is 2.20. The maximum atomic E-state index is 12.2. The predicted octanol–water partition coefficient (Wildman–Crippen LogP) is 2.72. The number of nitrogens with one attached hydrogen (secondary N) is 1. The van der Waals surface area contributed by atoms with Crippen LogP contribution in [0.15, 0.2) is 24.3 Å². The van der Waals surface area contributed by atoms with Gasteiger partial charge in [0.1, 0.15) is 0 Å². The number of hydrogen-bond acceptors (Lipinski definition) is 3. The summed E-state index contributed by atoms with van der Waals surface area (Å²) in [5.74, 6) is 0.484. The van der Waals surface area contributed by atoms with Gasteiger partial charge in [-0.05, 0) is 39.0 Å². The fourth-order valence-electron chi connectivity index (χ4n) is 2.51. The van der Waals surface area contributed by atoms with Crippen LogP contribution in [0.5, 0.6) is 0 Å². The molecule has 1 heterocycles. The first-order valence-electron chi connectivity index (χ1n) is 8.19. The Hall–Kier alpha value is -1.27. The van der Waals surface area contributed by atoms with Crippen molar-refractivity contribution >= 4 is 34.1 Å². The van der Waals surface area contributed by atoms with Crippen molar-refractivity contribution in [2.75, 3.05) is 43.4 Å². The number of nitrogens with zero attached hydrogens (tertiary/aromatic N) is 2. The molecule has 134 valence electrons. The van der Waals surface area contributed by atoms with Crippen LogP contribution >= 0.6 is 11.6 Å². The highest BCUT2D eigenvalue weighted by Gasteiger charge is 2.22. The van der Waals surface area contributed by atoms with Crippen LogP contribution in [0.25, 0.3) is 0 Å². The van der Waals surface area contributed by atoms with Gasteiger partial charge in [-0.1, -0.05) is 17.7 Å². The third-order valence-electron chi connectivity index (χ3n) is 3.99. The molecule has 0 radical (unpaired) electrons. The van der Waals surface area contributed by atoms with E-state index in [1.807, 2.05) is 45.0 Å². The van der Waals surface area contributed by atoms with Gasteiger partial charge < -0.3 is 15.1 Å². The third kappa shape index (κ3) is 5.38. The average molecular weight is 372 g/mol. The topological polar surface area (TPSA) is 52.7 Å². The van der Waals surface area contributed by atoms with E-state index in [-0.39, 0.29) is 10.8 Å². The Labute approximate surface area is 151 Å². The highest BCUT2D eigenvalue weighted by atomic mass is 35.5. The SMILES string of the molecule is CC(C)(C)S(=O)CCNC(=O)N1CCN(c2cccc(Cl)c2)CC1. The number of hydrogen-bond donors (Lipinski definition) is 1. The molecule has 2 rings (SSSR count). The molecule has 1 aliphatic rings. The quantitative estimate of drug-likeness (QED) is 0.885. The Balaban J connectivity index is 1.76. The minimum Gasteiger partial charge on any atom is -0.368 e. The molecular weight excluding hydrogens is 346 g/mol. The van der Waals surface area contributed by atoms with E-state index < -0.39 is 10.8 Å². The number of anilines is 1. The summed E-state index contributed by atoms with van der Waals surface area (Å²) in [4.78, 5) is 16.2. The van der Waals surface area contributed by atoms with Crippen molar-refractivity contribution in [2.45, 2.75) is 25.5 Å². The van der Waals surface area contributed by atoms with E-state index in [0.29, 0.717) is 25.4 Å². The van der Waals surface area contributed by atoms with Crippen LogP contribution in [0.3, 0.4) is 0 Å². The molecule has 0 bridgehead atoms. The summed E-state index contributed by atoms with van der Waals surface area (Å²) in [5, 5.41) is 3.60. The Kier molecular flexibility index (Phi) is 6.52. The number of piperazine rings is 1. The molecule has 2 amide bonds. The number of carbonyl (C=O) groups excluding carboxylic acids is 1. The molecule has 1 N–H and O–H groups in total. The molecule has 1 atom stereocenters. The number of carbonyl (C=O) groups is 1. The normalized spacial score (nSPS) is 16.8. The van der Waals surface area contributed by atoms with Crippen molar-refractivity contribution in [3.05, 3.63) is 29.3 Å². The highest BCUT2D eigenvalue weighted by molar-refractivity contribution is 7.86. The Bertz CT molecular complexity index is 596. The smallest absolute Gasteiger partial charge is 0.317 e. The van der Waals surface area contributed by atoms with Gasteiger partial charge in [0.05, 0.1) is 0 Å². The first kappa shape index (κ1) is 19.1. The zero-order chi connectivity index (χ0) is 17.7. The van der Waals surface area contributed by atoms with E-state index in [1.165, 1.54) is 0 Å². The van der Waals surface area contributed by atoms with Crippen LogP contribution < -0.4 is 10.2 Å². The molecule has 1 aromatic rings. The molecule has 1 unspecified atom stereocenters. The molecular formula is C17H26ClN3O2S. The van der Waals surface area contributed by atoms with Crippen molar-refractivity contribution in [3.8, 4) is 0 Å². The first-order chi connectivity index (χ1) is 11.3. The lowest BCUT2D eigenvalue weighted by molar-refractivity contribution is 0.195. The van der Waals surface area contributed by atoms with Gasteiger partial charge in [-0.15, -0.1) is 0 Å². The van der Waals surface area contributed by atoms with Crippen molar-refractivity contribution in [1.82, 2.24) is 10.2 Å². The molecule has 0 spiro atoms. The molecule has 0 saturated carbocycles. The molecule has 1 aromatic carbocycles. The van der Waals surface area contributed by atoms with E-state index in [9.17, 15) is 9.00 Å². The van der Waals surface area contributed by atoms with Crippen LogP contribution in [0.1, 0.15) is 20.8 Å². The van der Waals surface area contributed by atoms with E-state index in [1.54, 1.807) is 4.90 Å². The number of rotatable bonds is 4. The van der Waals surface area contributed by atoms with Crippen molar-refractivity contribution in [3.63, 3.8) is 0 Å². The molecule has 0 aromatic heterocycles. The number of urea groups is 1. The standard InChI is InChI=1S/C17H26ClN3O2S/c1-17(2,3)24(23)12-7-19-16(22)21-10-8-20(9-11-21)15-6-4-5-14(18)13-15/h4-6,13H,7-12H2,1-3H3,(H,19,22). The van der Waals surface area contributed by atoms with E-state index >= 15 is 0 Å². The van der Waals surface area contributed by atoms with Crippen LogP contribution in [-0.4, -0.2) is 58.4 Å². The molecule has 1 aliphatic heterocycles. The summed E-state index contributed by atoms with van der Waals surface area (Å²) in [6.07, 6.45) is 0. The summed E-state index contributed by atoms with van der Waals surface area (Å²) in [6.45, 7) is 9.17. The molecule has 7 heteroatoms. The van der Waals surface area contributed by atoms with Crippen molar-refractivity contribution in [2.24, 2.45) is 0 Å². The van der Waals surface area contributed by atoms with Crippen molar-refractivity contribution in [1.29, 1.82) is 0 Å². The summed E-state index contributed by atoms with van der Waals surface area (Å²) < 4.78 is 11.7. The zero-order valence-corrected chi connectivity index (χ0v) is 16.1. The largest absolute Gasteiger partial charge is 0.368 e. The second kappa shape index (κ2) is 8.21. The molecule has 1 saturated heterocycles. The van der Waals surface area contributed by atoms with E-state index in [4.69, 9.17) is 11.6 Å². The lowest BCUT2D eigenvalue weighted by atomic mass is 10.2. The minimum absolute atomic E-state index is 0.0772. The van der Waals surface area contributed by atoms with Crippen LogP contribution in [0, 0.1) is 0 Å². The Morgan fingerprint density at radius 2 is 1.92 bits per heavy atom. The minimum atomic E-state index is -0.946. The van der Waals surface area contributed by atoms with Gasteiger partial charge >= 0.3 is 6.03 Å². The van der Waals surface area contributed by atoms with Gasteiger partial charge in [0.25, 0.3) is 0 Å². The van der Waals surface area contributed by atoms with Crippen LogP contribution in [0.2, 0.25) is 5.02 Å². The number of benzene rings is 1. The van der Waals surface area contributed by atoms with Crippen LogP contribution in [0.4, 0.5) is 10.5 Å². The van der Waals surface area contributed by atoms with Crippen LogP contribution in [-0.2, 0) is 10.8 Å².